The van der Waals surface area contributed by atoms with E-state index < -0.39 is 23.8 Å². The van der Waals surface area contributed by atoms with Crippen molar-refractivity contribution in [1.29, 1.82) is 0 Å². The fourth-order valence-electron chi connectivity index (χ4n) is 2.43. The van der Waals surface area contributed by atoms with Crippen LogP contribution in [-0.2, 0) is 9.59 Å². The van der Waals surface area contributed by atoms with E-state index >= 15 is 0 Å². The summed E-state index contributed by atoms with van der Waals surface area (Å²) in [6.07, 6.45) is 0. The molecule has 0 aliphatic rings. The van der Waals surface area contributed by atoms with E-state index in [1.54, 1.807) is 26.8 Å². The second-order valence-corrected chi connectivity index (χ2v) is 6.24. The highest BCUT2D eigenvalue weighted by Gasteiger charge is 2.19. The average Bonchev–Trinajstić information content (AvgIpc) is 2.99. The van der Waals surface area contributed by atoms with E-state index in [-0.39, 0.29) is 12.5 Å². The number of amides is 2. The molecular weight excluding hydrogens is 336 g/mol. The van der Waals surface area contributed by atoms with Crippen molar-refractivity contribution in [2.45, 2.75) is 26.8 Å². The second kappa shape index (κ2) is 8.33. The van der Waals surface area contributed by atoms with E-state index in [4.69, 9.17) is 4.42 Å². The number of hydrogen-bond donors (Lipinski definition) is 2. The number of aryl methyl sites for hydroxylation is 1. The van der Waals surface area contributed by atoms with Crippen molar-refractivity contribution in [3.05, 3.63) is 47.7 Å². The summed E-state index contributed by atoms with van der Waals surface area (Å²) in [6.45, 7) is 4.62. The summed E-state index contributed by atoms with van der Waals surface area (Å²) in [7, 11) is 0. The molecule has 2 amide bonds. The lowest BCUT2D eigenvalue weighted by molar-refractivity contribution is -0.309. The lowest BCUT2D eigenvalue weighted by Gasteiger charge is -2.23. The second-order valence-electron chi connectivity index (χ2n) is 6.24. The van der Waals surface area contributed by atoms with Gasteiger partial charge >= 0.3 is 0 Å². The normalized spacial score (nSPS) is 11.8. The van der Waals surface area contributed by atoms with E-state index in [2.05, 4.69) is 10.6 Å². The molecule has 0 spiro atoms. The predicted octanol–water partition coefficient (Wildman–Crippen LogP) is 0.876. The first kappa shape index (κ1) is 19.2. The summed E-state index contributed by atoms with van der Waals surface area (Å²) >= 11 is 0. The van der Waals surface area contributed by atoms with Gasteiger partial charge in [-0.25, -0.2) is 0 Å². The zero-order chi connectivity index (χ0) is 19.3. The van der Waals surface area contributed by atoms with Gasteiger partial charge in [0.15, 0.2) is 0 Å². The van der Waals surface area contributed by atoms with Gasteiger partial charge in [-0.1, -0.05) is 44.2 Å². The quantitative estimate of drug-likeness (QED) is 0.764. The number of benzene rings is 1. The predicted molar refractivity (Wildman–Crippen MR) is 93.0 cm³/mol. The van der Waals surface area contributed by atoms with Crippen LogP contribution in [0.5, 0.6) is 0 Å². The zero-order valence-electron chi connectivity index (χ0n) is 14.9. The van der Waals surface area contributed by atoms with E-state index in [0.717, 1.165) is 5.56 Å². The molecule has 0 unspecified atom stereocenters. The van der Waals surface area contributed by atoms with Crippen LogP contribution in [0.15, 0.2) is 40.8 Å². The molecule has 0 fully saturated rings. The Hall–Kier alpha value is -3.09. The summed E-state index contributed by atoms with van der Waals surface area (Å²) in [6, 6.07) is 9.82. The van der Waals surface area contributed by atoms with Crippen molar-refractivity contribution in [3.63, 3.8) is 0 Å². The van der Waals surface area contributed by atoms with Crippen molar-refractivity contribution >= 4 is 17.8 Å². The number of rotatable bonds is 7. The van der Waals surface area contributed by atoms with E-state index in [1.807, 2.05) is 30.3 Å². The molecule has 1 atom stereocenters. The fraction of sp³-hybridized carbons (Fsp3) is 0.316. The molecule has 0 bridgehead atoms. The standard InChI is InChI=1S/C19H22N2O5/c1-11(2)17(19(24)25)21-16(22)10-20-18(23)14-9-15(26-12(14)3)13-7-5-4-6-8-13/h4-9,11,17H,10H2,1-3H3,(H,20,23)(H,21,22)(H,24,25)/p-1/t17-/m1/s1. The first-order chi connectivity index (χ1) is 12.3. The maximum absolute atomic E-state index is 12.3. The lowest BCUT2D eigenvalue weighted by Crippen LogP contribution is -2.52. The molecule has 1 aromatic carbocycles. The topological polar surface area (TPSA) is 111 Å². The first-order valence-electron chi connectivity index (χ1n) is 8.24. The number of carboxylic acids is 1. The summed E-state index contributed by atoms with van der Waals surface area (Å²) in [5.41, 5.74) is 1.15. The number of nitrogens with one attached hydrogen (secondary N) is 2. The maximum atomic E-state index is 12.3. The molecule has 1 heterocycles. The molecule has 138 valence electrons. The van der Waals surface area contributed by atoms with E-state index in [0.29, 0.717) is 17.1 Å². The van der Waals surface area contributed by atoms with Gasteiger partial charge in [0.2, 0.25) is 5.91 Å². The number of hydrogen-bond acceptors (Lipinski definition) is 5. The highest BCUT2D eigenvalue weighted by Crippen LogP contribution is 2.25. The van der Waals surface area contributed by atoms with Crippen molar-refractivity contribution in [2.75, 3.05) is 6.54 Å². The van der Waals surface area contributed by atoms with Crippen LogP contribution in [0.3, 0.4) is 0 Å². The van der Waals surface area contributed by atoms with Gasteiger partial charge in [-0.05, 0) is 18.9 Å². The molecule has 2 rings (SSSR count). The van der Waals surface area contributed by atoms with Gasteiger partial charge in [-0.15, -0.1) is 0 Å². The Balaban J connectivity index is 1.99. The van der Waals surface area contributed by atoms with Crippen LogP contribution >= 0.6 is 0 Å². The van der Waals surface area contributed by atoms with Gasteiger partial charge in [0.1, 0.15) is 11.5 Å². The average molecular weight is 357 g/mol. The smallest absolute Gasteiger partial charge is 0.255 e. The molecule has 0 aliphatic carbocycles. The third-order valence-corrected chi connectivity index (χ3v) is 3.87. The highest BCUT2D eigenvalue weighted by atomic mass is 16.4. The minimum atomic E-state index is -1.36. The molecule has 7 heteroatoms. The summed E-state index contributed by atoms with van der Waals surface area (Å²) in [5, 5.41) is 15.8. The van der Waals surface area contributed by atoms with Gasteiger partial charge in [-0.2, -0.15) is 0 Å². The molecule has 26 heavy (non-hydrogen) atoms. The van der Waals surface area contributed by atoms with E-state index in [1.165, 1.54) is 0 Å². The zero-order valence-corrected chi connectivity index (χ0v) is 14.9. The Labute approximate surface area is 151 Å². The third kappa shape index (κ3) is 4.72. The molecule has 0 saturated heterocycles. The number of carboxylic acid groups (broad SMARTS) is 1. The third-order valence-electron chi connectivity index (χ3n) is 3.87. The Bertz CT molecular complexity index is 796. The van der Waals surface area contributed by atoms with Gasteiger partial charge in [0, 0.05) is 5.56 Å². The minimum absolute atomic E-state index is 0.317. The Morgan fingerprint density at radius 3 is 2.38 bits per heavy atom. The molecule has 2 aromatic rings. The van der Waals surface area contributed by atoms with Gasteiger partial charge in [-0.3, -0.25) is 9.59 Å². The summed E-state index contributed by atoms with van der Waals surface area (Å²) in [4.78, 5) is 35.2. The summed E-state index contributed by atoms with van der Waals surface area (Å²) < 4.78 is 5.61. The first-order valence-corrected chi connectivity index (χ1v) is 8.24. The number of furan rings is 1. The molecule has 0 radical (unpaired) electrons. The molecule has 1 aromatic heterocycles. The van der Waals surface area contributed by atoms with Gasteiger partial charge in [0.25, 0.3) is 5.91 Å². The largest absolute Gasteiger partial charge is 0.548 e. The van der Waals surface area contributed by atoms with Crippen LogP contribution in [0, 0.1) is 12.8 Å². The highest BCUT2D eigenvalue weighted by molar-refractivity contribution is 5.98. The Kier molecular flexibility index (Phi) is 6.16. The monoisotopic (exact) mass is 357 g/mol. The SMILES string of the molecule is Cc1oc(-c2ccccc2)cc1C(=O)NCC(=O)N[C@@H](C(=O)[O-])C(C)C. The van der Waals surface area contributed by atoms with Crippen molar-refractivity contribution in [1.82, 2.24) is 10.6 Å². The van der Waals surface area contributed by atoms with Gasteiger partial charge < -0.3 is 25.0 Å². The van der Waals surface area contributed by atoms with Gasteiger partial charge in [0.05, 0.1) is 24.1 Å². The maximum Gasteiger partial charge on any atom is 0.255 e. The van der Waals surface area contributed by atoms with Crippen molar-refractivity contribution in [2.24, 2.45) is 5.92 Å². The van der Waals surface area contributed by atoms with Crippen LogP contribution in [-0.4, -0.2) is 30.4 Å². The molecular formula is C19H21N2O5-. The molecule has 7 nitrogen and oxygen atoms in total. The van der Waals surface area contributed by atoms with Crippen LogP contribution in [0.2, 0.25) is 0 Å². The van der Waals surface area contributed by atoms with Crippen LogP contribution in [0.1, 0.15) is 30.0 Å². The van der Waals surface area contributed by atoms with E-state index in [9.17, 15) is 19.5 Å². The lowest BCUT2D eigenvalue weighted by atomic mass is 10.1. The number of carbonyl (C=O) groups excluding carboxylic acids is 3. The summed E-state index contributed by atoms with van der Waals surface area (Å²) in [5.74, 6) is -1.79. The molecule has 0 saturated carbocycles. The molecule has 2 N–H and O–H groups in total. The van der Waals surface area contributed by atoms with Crippen molar-refractivity contribution in [3.8, 4) is 11.3 Å². The Morgan fingerprint density at radius 2 is 1.81 bits per heavy atom. The van der Waals surface area contributed by atoms with Crippen LogP contribution in [0.25, 0.3) is 11.3 Å². The number of carbonyl (C=O) groups is 3. The van der Waals surface area contributed by atoms with Crippen LogP contribution < -0.4 is 15.7 Å². The Morgan fingerprint density at radius 1 is 1.15 bits per heavy atom. The number of aliphatic carboxylic acids is 1. The minimum Gasteiger partial charge on any atom is -0.548 e. The fourth-order valence-corrected chi connectivity index (χ4v) is 2.43. The molecule has 0 aliphatic heterocycles. The van der Waals surface area contributed by atoms with Crippen molar-refractivity contribution < 1.29 is 23.9 Å². The van der Waals surface area contributed by atoms with Crippen LogP contribution in [0.4, 0.5) is 0 Å².